The summed E-state index contributed by atoms with van der Waals surface area (Å²) in [6.07, 6.45) is 6.29. The standard InChI is InChI=1S/C21H28ClNO/c1-4-15(3)16-11-14(2)12-19(13-16)23-20(24)21(9-10-21)17-5-7-18(22)8-6-17/h5-8,14,19H,4,9-13H2,1-3H3,(H,23,24). The van der Waals surface area contributed by atoms with E-state index in [4.69, 9.17) is 11.6 Å². The molecule has 2 unspecified atom stereocenters. The Morgan fingerprint density at radius 2 is 1.92 bits per heavy atom. The lowest BCUT2D eigenvalue weighted by atomic mass is 9.80. The summed E-state index contributed by atoms with van der Waals surface area (Å²) in [4.78, 5) is 13.0. The summed E-state index contributed by atoms with van der Waals surface area (Å²) in [5, 5.41) is 4.09. The molecule has 1 amide bonds. The number of amides is 1. The highest BCUT2D eigenvalue weighted by Gasteiger charge is 2.51. The molecule has 2 aliphatic carbocycles. The summed E-state index contributed by atoms with van der Waals surface area (Å²) in [7, 11) is 0. The van der Waals surface area contributed by atoms with E-state index in [1.807, 2.05) is 24.3 Å². The van der Waals surface area contributed by atoms with E-state index in [9.17, 15) is 4.79 Å². The van der Waals surface area contributed by atoms with Crippen LogP contribution in [0.5, 0.6) is 0 Å². The van der Waals surface area contributed by atoms with Gasteiger partial charge >= 0.3 is 0 Å². The molecular weight excluding hydrogens is 318 g/mol. The molecule has 2 atom stereocenters. The molecule has 2 saturated carbocycles. The fourth-order valence-electron chi connectivity index (χ4n) is 4.03. The third-order valence-corrected chi connectivity index (χ3v) is 6.08. The molecule has 0 aromatic heterocycles. The molecule has 1 N–H and O–H groups in total. The molecule has 0 radical (unpaired) electrons. The van der Waals surface area contributed by atoms with Crippen molar-refractivity contribution in [3.8, 4) is 0 Å². The summed E-state index contributed by atoms with van der Waals surface area (Å²) in [5.74, 6) is 0.851. The second-order valence-corrected chi connectivity index (χ2v) is 8.18. The first-order chi connectivity index (χ1) is 11.4. The van der Waals surface area contributed by atoms with E-state index in [2.05, 4.69) is 26.1 Å². The molecule has 24 heavy (non-hydrogen) atoms. The summed E-state index contributed by atoms with van der Waals surface area (Å²) in [6, 6.07) is 8.06. The first kappa shape index (κ1) is 17.5. The first-order valence-corrected chi connectivity index (χ1v) is 9.57. The highest BCUT2D eigenvalue weighted by atomic mass is 35.5. The van der Waals surface area contributed by atoms with Crippen molar-refractivity contribution >= 4 is 17.5 Å². The highest BCUT2D eigenvalue weighted by molar-refractivity contribution is 6.30. The minimum Gasteiger partial charge on any atom is -0.352 e. The lowest BCUT2D eigenvalue weighted by Gasteiger charge is -2.32. The van der Waals surface area contributed by atoms with Crippen molar-refractivity contribution < 1.29 is 4.79 Å². The number of nitrogens with one attached hydrogen (secondary N) is 1. The quantitative estimate of drug-likeness (QED) is 0.727. The SMILES string of the molecule is CCC(C)=C1CC(C)CC(NC(=O)C2(c3ccc(Cl)cc3)CC2)C1. The van der Waals surface area contributed by atoms with Gasteiger partial charge in [0, 0.05) is 11.1 Å². The fraction of sp³-hybridized carbons (Fsp3) is 0.571. The average molecular weight is 346 g/mol. The van der Waals surface area contributed by atoms with Crippen LogP contribution in [0.15, 0.2) is 35.4 Å². The Hall–Kier alpha value is -1.28. The molecule has 3 heteroatoms. The topological polar surface area (TPSA) is 29.1 Å². The number of carbonyl (C=O) groups is 1. The third-order valence-electron chi connectivity index (χ3n) is 5.83. The zero-order chi connectivity index (χ0) is 17.3. The Morgan fingerprint density at radius 3 is 2.50 bits per heavy atom. The second-order valence-electron chi connectivity index (χ2n) is 7.75. The van der Waals surface area contributed by atoms with Crippen molar-refractivity contribution in [2.45, 2.75) is 70.8 Å². The van der Waals surface area contributed by atoms with Gasteiger partial charge in [0.1, 0.15) is 0 Å². The van der Waals surface area contributed by atoms with E-state index >= 15 is 0 Å². The minimum absolute atomic E-state index is 0.206. The zero-order valence-corrected chi connectivity index (χ0v) is 15.7. The fourth-order valence-corrected chi connectivity index (χ4v) is 4.15. The summed E-state index contributed by atoms with van der Waals surface area (Å²) < 4.78 is 0. The van der Waals surface area contributed by atoms with Crippen LogP contribution in [0.25, 0.3) is 0 Å². The molecule has 1 aromatic carbocycles. The molecule has 0 aliphatic heterocycles. The van der Waals surface area contributed by atoms with Gasteiger partial charge < -0.3 is 5.32 Å². The number of allylic oxidation sites excluding steroid dienone is 1. The number of benzene rings is 1. The number of hydrogen-bond donors (Lipinski definition) is 1. The Morgan fingerprint density at radius 1 is 1.25 bits per heavy atom. The molecule has 1 aromatic rings. The first-order valence-electron chi connectivity index (χ1n) is 9.19. The lowest BCUT2D eigenvalue weighted by molar-refractivity contribution is -0.124. The number of carbonyl (C=O) groups excluding carboxylic acids is 1. The van der Waals surface area contributed by atoms with E-state index in [0.717, 1.165) is 42.7 Å². The van der Waals surface area contributed by atoms with Crippen LogP contribution in [0.2, 0.25) is 5.02 Å². The Balaban J connectivity index is 1.71. The Bertz CT molecular complexity index is 642. The third kappa shape index (κ3) is 3.54. The normalized spacial score (nSPS) is 27.5. The summed E-state index contributed by atoms with van der Waals surface area (Å²) >= 11 is 5.99. The maximum atomic E-state index is 13.0. The van der Waals surface area contributed by atoms with Gasteiger partial charge in [-0.05, 0) is 69.1 Å². The summed E-state index contributed by atoms with van der Waals surface area (Å²) in [6.45, 7) is 6.75. The van der Waals surface area contributed by atoms with Gasteiger partial charge in [0.2, 0.25) is 5.91 Å². The van der Waals surface area contributed by atoms with Crippen LogP contribution in [-0.4, -0.2) is 11.9 Å². The van der Waals surface area contributed by atoms with Gasteiger partial charge in [-0.2, -0.15) is 0 Å². The Labute approximate surface area is 150 Å². The van der Waals surface area contributed by atoms with Gasteiger partial charge in [-0.25, -0.2) is 0 Å². The van der Waals surface area contributed by atoms with Gasteiger partial charge in [0.05, 0.1) is 5.41 Å². The van der Waals surface area contributed by atoms with Crippen molar-refractivity contribution in [1.82, 2.24) is 5.32 Å². The van der Waals surface area contributed by atoms with E-state index < -0.39 is 0 Å². The molecular formula is C21H28ClNO. The molecule has 3 rings (SSSR count). The lowest BCUT2D eigenvalue weighted by Crippen LogP contribution is -2.44. The van der Waals surface area contributed by atoms with Crippen molar-refractivity contribution in [3.63, 3.8) is 0 Å². The predicted octanol–water partition coefficient (Wildman–Crippen LogP) is 5.40. The van der Waals surface area contributed by atoms with Crippen LogP contribution in [0, 0.1) is 5.92 Å². The number of halogens is 1. The molecule has 2 fully saturated rings. The predicted molar refractivity (Wildman–Crippen MR) is 100 cm³/mol. The van der Waals surface area contributed by atoms with Crippen LogP contribution >= 0.6 is 11.6 Å². The van der Waals surface area contributed by atoms with Gasteiger partial charge in [-0.1, -0.05) is 48.7 Å². The van der Waals surface area contributed by atoms with Gasteiger partial charge in [-0.3, -0.25) is 4.79 Å². The molecule has 2 nitrogen and oxygen atoms in total. The smallest absolute Gasteiger partial charge is 0.230 e. The van der Waals surface area contributed by atoms with Gasteiger partial charge in [0.15, 0.2) is 0 Å². The van der Waals surface area contributed by atoms with Crippen molar-refractivity contribution in [3.05, 3.63) is 46.0 Å². The summed E-state index contributed by atoms with van der Waals surface area (Å²) in [5.41, 5.74) is 3.85. The molecule has 0 bridgehead atoms. The monoisotopic (exact) mass is 345 g/mol. The minimum atomic E-state index is -0.311. The van der Waals surface area contributed by atoms with E-state index in [-0.39, 0.29) is 17.4 Å². The van der Waals surface area contributed by atoms with Crippen molar-refractivity contribution in [1.29, 1.82) is 0 Å². The van der Waals surface area contributed by atoms with E-state index in [0.29, 0.717) is 5.92 Å². The molecule has 130 valence electrons. The van der Waals surface area contributed by atoms with Crippen LogP contribution in [0.3, 0.4) is 0 Å². The van der Waals surface area contributed by atoms with E-state index in [1.54, 1.807) is 5.57 Å². The maximum Gasteiger partial charge on any atom is 0.230 e. The largest absolute Gasteiger partial charge is 0.352 e. The van der Waals surface area contributed by atoms with Crippen LogP contribution in [-0.2, 0) is 10.2 Å². The molecule has 0 heterocycles. The maximum absolute atomic E-state index is 13.0. The van der Waals surface area contributed by atoms with E-state index in [1.165, 1.54) is 12.0 Å². The van der Waals surface area contributed by atoms with Crippen LogP contribution in [0.1, 0.15) is 64.9 Å². The van der Waals surface area contributed by atoms with Crippen LogP contribution < -0.4 is 5.32 Å². The van der Waals surface area contributed by atoms with Gasteiger partial charge in [-0.15, -0.1) is 0 Å². The highest BCUT2D eigenvalue weighted by Crippen LogP contribution is 2.49. The zero-order valence-electron chi connectivity index (χ0n) is 15.0. The molecule has 2 aliphatic rings. The number of rotatable bonds is 4. The molecule has 0 saturated heterocycles. The van der Waals surface area contributed by atoms with Crippen LogP contribution in [0.4, 0.5) is 0 Å². The number of hydrogen-bond acceptors (Lipinski definition) is 1. The second kappa shape index (κ2) is 6.92. The Kier molecular flexibility index (Phi) is 5.05. The average Bonchev–Trinajstić information content (AvgIpc) is 3.36. The molecule has 0 spiro atoms. The van der Waals surface area contributed by atoms with Crippen molar-refractivity contribution in [2.24, 2.45) is 5.92 Å². The van der Waals surface area contributed by atoms with Crippen molar-refractivity contribution in [2.75, 3.05) is 0 Å². The van der Waals surface area contributed by atoms with Gasteiger partial charge in [0.25, 0.3) is 0 Å².